The molecule has 3 amide bonds. The highest BCUT2D eigenvalue weighted by Crippen LogP contribution is 2.32. The molecule has 7 nitrogen and oxygen atoms in total. The van der Waals surface area contributed by atoms with Crippen LogP contribution in [0.4, 0.5) is 0 Å². The number of likely N-dealkylation sites (tertiary alicyclic amines) is 1. The summed E-state index contributed by atoms with van der Waals surface area (Å²) in [6.07, 6.45) is 3.47. The van der Waals surface area contributed by atoms with E-state index in [-0.39, 0.29) is 30.3 Å². The fourth-order valence-electron chi connectivity index (χ4n) is 2.24. The molecule has 1 saturated carbocycles. The van der Waals surface area contributed by atoms with Gasteiger partial charge in [-0.3, -0.25) is 19.2 Å². The minimum Gasteiger partial charge on any atom is -0.368 e. The predicted molar refractivity (Wildman–Crippen MR) is 65.3 cm³/mol. The van der Waals surface area contributed by atoms with Crippen molar-refractivity contribution in [3.8, 4) is 0 Å². The Morgan fingerprint density at radius 2 is 1.95 bits per heavy atom. The van der Waals surface area contributed by atoms with Gasteiger partial charge in [-0.15, -0.1) is 0 Å². The first kappa shape index (κ1) is 13.8. The molecule has 1 aliphatic carbocycles. The lowest BCUT2D eigenvalue weighted by atomic mass is 9.97. The molecule has 2 rings (SSSR count). The van der Waals surface area contributed by atoms with Gasteiger partial charge in [0.05, 0.1) is 5.92 Å². The van der Waals surface area contributed by atoms with Crippen molar-refractivity contribution in [1.29, 1.82) is 0 Å². The van der Waals surface area contributed by atoms with Gasteiger partial charge < -0.3 is 10.6 Å². The average molecular weight is 269 g/mol. The van der Waals surface area contributed by atoms with E-state index in [2.05, 4.69) is 10.3 Å². The summed E-state index contributed by atoms with van der Waals surface area (Å²) in [6.45, 7) is 0.811. The van der Waals surface area contributed by atoms with Crippen LogP contribution in [0.25, 0.3) is 0 Å². The number of carbonyl (C=O) groups excluding carboxylic acids is 3. The number of nitrogens with two attached hydrogens (primary N) is 1. The van der Waals surface area contributed by atoms with Crippen molar-refractivity contribution in [3.63, 3.8) is 0 Å². The Bertz CT molecular complexity index is 381. The van der Waals surface area contributed by atoms with Gasteiger partial charge in [0.1, 0.15) is 0 Å². The highest BCUT2D eigenvalue weighted by Gasteiger charge is 2.36. The summed E-state index contributed by atoms with van der Waals surface area (Å²) in [5, 5.41) is 0. The van der Waals surface area contributed by atoms with Crippen LogP contribution in [0.5, 0.6) is 0 Å². The molecule has 0 radical (unpaired) electrons. The zero-order chi connectivity index (χ0) is 13.8. The van der Waals surface area contributed by atoms with E-state index < -0.39 is 5.91 Å². The number of nitrogens with zero attached hydrogens (tertiary/aromatic N) is 1. The normalized spacial score (nSPS) is 22.9. The van der Waals surface area contributed by atoms with Crippen molar-refractivity contribution in [2.45, 2.75) is 25.7 Å². The van der Waals surface area contributed by atoms with Gasteiger partial charge in [0.15, 0.2) is 6.61 Å². The zero-order valence-corrected chi connectivity index (χ0v) is 10.8. The molecule has 2 aliphatic rings. The molecule has 19 heavy (non-hydrogen) atoms. The first-order valence-electron chi connectivity index (χ1n) is 6.56. The lowest BCUT2D eigenvalue weighted by Gasteiger charge is -2.32. The molecule has 1 unspecified atom stereocenters. The number of hydrogen-bond donors (Lipinski definition) is 2. The summed E-state index contributed by atoms with van der Waals surface area (Å²) < 4.78 is 0. The van der Waals surface area contributed by atoms with Crippen LogP contribution in [0.3, 0.4) is 0 Å². The minimum atomic E-state index is -0.644. The number of amides is 3. The Balaban J connectivity index is 1.77. The molecule has 0 aromatic rings. The van der Waals surface area contributed by atoms with Crippen LogP contribution in [0.15, 0.2) is 0 Å². The van der Waals surface area contributed by atoms with Crippen LogP contribution in [0, 0.1) is 11.8 Å². The van der Waals surface area contributed by atoms with Gasteiger partial charge in [0.2, 0.25) is 17.7 Å². The van der Waals surface area contributed by atoms with Crippen LogP contribution in [-0.4, -0.2) is 42.3 Å². The molecule has 3 N–H and O–H groups in total. The Kier molecular flexibility index (Phi) is 4.36. The molecule has 1 aliphatic heterocycles. The summed E-state index contributed by atoms with van der Waals surface area (Å²) in [6, 6.07) is 0. The lowest BCUT2D eigenvalue weighted by Crippen LogP contribution is -2.46. The summed E-state index contributed by atoms with van der Waals surface area (Å²) in [5.74, 6) is -0.878. The van der Waals surface area contributed by atoms with E-state index in [1.165, 1.54) is 0 Å². The number of carbonyl (C=O) groups is 3. The van der Waals surface area contributed by atoms with Crippen LogP contribution in [-0.2, 0) is 19.2 Å². The Labute approximate surface area is 111 Å². The van der Waals surface area contributed by atoms with E-state index in [1.807, 2.05) is 0 Å². The van der Waals surface area contributed by atoms with E-state index in [1.54, 1.807) is 4.90 Å². The molecule has 1 heterocycles. The fraction of sp³-hybridized carbons (Fsp3) is 0.750. The van der Waals surface area contributed by atoms with E-state index in [9.17, 15) is 14.4 Å². The molecule has 7 heteroatoms. The second-order valence-electron chi connectivity index (χ2n) is 5.12. The van der Waals surface area contributed by atoms with Crippen LogP contribution in [0.1, 0.15) is 25.7 Å². The molecular formula is C12H19N3O4. The number of hydrogen-bond acceptors (Lipinski definition) is 4. The van der Waals surface area contributed by atoms with Gasteiger partial charge in [-0.1, -0.05) is 0 Å². The van der Waals surface area contributed by atoms with Gasteiger partial charge in [-0.05, 0) is 25.7 Å². The van der Waals surface area contributed by atoms with E-state index in [0.29, 0.717) is 6.54 Å². The number of piperidine rings is 1. The maximum absolute atomic E-state index is 11.9. The smallest absolute Gasteiger partial charge is 0.248 e. The molecule has 1 saturated heterocycles. The molecule has 1 atom stereocenters. The zero-order valence-electron chi connectivity index (χ0n) is 10.8. The topological polar surface area (TPSA) is 102 Å². The highest BCUT2D eigenvalue weighted by atomic mass is 16.7. The van der Waals surface area contributed by atoms with Gasteiger partial charge in [0, 0.05) is 19.0 Å². The SMILES string of the molecule is NC(=O)CONC(=O)C1CCCN(C(=O)C2CC2)C1. The predicted octanol–water partition coefficient (Wildman–Crippen LogP) is -0.832. The summed E-state index contributed by atoms with van der Waals surface area (Å²) in [4.78, 5) is 40.7. The van der Waals surface area contributed by atoms with Crippen molar-refractivity contribution in [2.75, 3.05) is 19.7 Å². The summed E-state index contributed by atoms with van der Waals surface area (Å²) in [7, 11) is 0. The quantitative estimate of drug-likeness (QED) is 0.636. The van der Waals surface area contributed by atoms with E-state index in [0.717, 1.165) is 32.2 Å². The van der Waals surface area contributed by atoms with E-state index in [4.69, 9.17) is 5.73 Å². The highest BCUT2D eigenvalue weighted by molar-refractivity contribution is 5.83. The summed E-state index contributed by atoms with van der Waals surface area (Å²) in [5.41, 5.74) is 7.10. The number of primary amides is 1. The largest absolute Gasteiger partial charge is 0.368 e. The van der Waals surface area contributed by atoms with Gasteiger partial charge in [-0.2, -0.15) is 0 Å². The molecule has 0 bridgehead atoms. The standard InChI is InChI=1S/C12H19N3O4/c13-10(16)7-19-14-11(17)9-2-1-5-15(6-9)12(18)8-3-4-8/h8-9H,1-7H2,(H2,13,16)(H,14,17). The first-order valence-corrected chi connectivity index (χ1v) is 6.56. The van der Waals surface area contributed by atoms with Crippen molar-refractivity contribution in [3.05, 3.63) is 0 Å². The van der Waals surface area contributed by atoms with Gasteiger partial charge in [0.25, 0.3) is 0 Å². The third kappa shape index (κ3) is 3.92. The van der Waals surface area contributed by atoms with Crippen molar-refractivity contribution in [2.24, 2.45) is 17.6 Å². The minimum absolute atomic E-state index is 0.163. The average Bonchev–Trinajstić information content (AvgIpc) is 3.22. The monoisotopic (exact) mass is 269 g/mol. The number of nitrogens with one attached hydrogen (secondary N) is 1. The molecule has 0 spiro atoms. The van der Waals surface area contributed by atoms with Gasteiger partial charge in [-0.25, -0.2) is 5.48 Å². The Hall–Kier alpha value is -1.63. The lowest BCUT2D eigenvalue weighted by molar-refractivity contribution is -0.144. The third-order valence-electron chi connectivity index (χ3n) is 3.42. The fourth-order valence-corrected chi connectivity index (χ4v) is 2.24. The molecular weight excluding hydrogens is 250 g/mol. The second-order valence-corrected chi connectivity index (χ2v) is 5.12. The Morgan fingerprint density at radius 1 is 1.21 bits per heavy atom. The maximum atomic E-state index is 11.9. The Morgan fingerprint density at radius 3 is 2.58 bits per heavy atom. The summed E-state index contributed by atoms with van der Waals surface area (Å²) >= 11 is 0. The van der Waals surface area contributed by atoms with Crippen molar-refractivity contribution in [1.82, 2.24) is 10.4 Å². The van der Waals surface area contributed by atoms with E-state index >= 15 is 0 Å². The van der Waals surface area contributed by atoms with Crippen molar-refractivity contribution >= 4 is 17.7 Å². The molecule has 106 valence electrons. The third-order valence-corrected chi connectivity index (χ3v) is 3.42. The van der Waals surface area contributed by atoms with Crippen LogP contribution >= 0.6 is 0 Å². The van der Waals surface area contributed by atoms with Gasteiger partial charge >= 0.3 is 0 Å². The van der Waals surface area contributed by atoms with Crippen LogP contribution < -0.4 is 11.2 Å². The molecule has 0 aromatic heterocycles. The molecule has 2 fully saturated rings. The second kappa shape index (κ2) is 6.01. The number of rotatable bonds is 5. The first-order chi connectivity index (χ1) is 9.08. The maximum Gasteiger partial charge on any atom is 0.248 e. The number of hydroxylamine groups is 1. The van der Waals surface area contributed by atoms with Crippen LogP contribution in [0.2, 0.25) is 0 Å². The van der Waals surface area contributed by atoms with Crippen molar-refractivity contribution < 1.29 is 19.2 Å². The molecule has 0 aromatic carbocycles.